The lowest BCUT2D eigenvalue weighted by Crippen LogP contribution is -2.45. The molecule has 0 aromatic heterocycles. The van der Waals surface area contributed by atoms with Crippen LogP contribution in [0.1, 0.15) is 13.8 Å². The molecule has 0 saturated carbocycles. The molecule has 7 heteroatoms. The first kappa shape index (κ1) is 15.5. The number of aliphatic imine (C=N–C) groups is 1. The number of hydrogen-bond donors (Lipinski definition) is 0. The summed E-state index contributed by atoms with van der Waals surface area (Å²) in [6.07, 6.45) is 3.95. The molecule has 4 aliphatic rings. The van der Waals surface area contributed by atoms with Crippen LogP contribution >= 0.6 is 0 Å². The zero-order valence-electron chi connectivity index (χ0n) is 14.7. The number of ether oxygens (including phenoxy) is 1. The van der Waals surface area contributed by atoms with Crippen LogP contribution in [0.2, 0.25) is 0 Å². The SMILES string of the molecule is CCN1CC(C)=C(N2CCOCC2)C2=C1N1CN(OC)C=C1C=N2. The van der Waals surface area contributed by atoms with Crippen LogP contribution in [0.4, 0.5) is 0 Å². The van der Waals surface area contributed by atoms with E-state index in [-0.39, 0.29) is 0 Å². The molecular formula is C17H25N5O2. The molecule has 0 aromatic carbocycles. The van der Waals surface area contributed by atoms with Gasteiger partial charge in [-0.05, 0) is 19.4 Å². The zero-order chi connectivity index (χ0) is 16.7. The Hall–Kier alpha value is -1.99. The van der Waals surface area contributed by atoms with Crippen LogP contribution in [0.25, 0.3) is 0 Å². The summed E-state index contributed by atoms with van der Waals surface area (Å²) in [6.45, 7) is 10.4. The van der Waals surface area contributed by atoms with E-state index in [4.69, 9.17) is 14.6 Å². The third-order valence-electron chi connectivity index (χ3n) is 4.96. The van der Waals surface area contributed by atoms with Crippen LogP contribution in [0.3, 0.4) is 0 Å². The second kappa shape index (κ2) is 6.14. The molecule has 0 N–H and O–H groups in total. The summed E-state index contributed by atoms with van der Waals surface area (Å²) < 4.78 is 5.53. The molecule has 130 valence electrons. The molecule has 4 rings (SSSR count). The number of hydrogen-bond acceptors (Lipinski definition) is 7. The molecule has 1 fully saturated rings. The van der Waals surface area contributed by atoms with Gasteiger partial charge in [-0.2, -0.15) is 0 Å². The van der Waals surface area contributed by atoms with E-state index in [9.17, 15) is 0 Å². The van der Waals surface area contributed by atoms with E-state index in [1.807, 2.05) is 17.5 Å². The van der Waals surface area contributed by atoms with Crippen molar-refractivity contribution < 1.29 is 9.57 Å². The lowest BCUT2D eigenvalue weighted by Gasteiger charge is -2.43. The Kier molecular flexibility index (Phi) is 3.97. The quantitative estimate of drug-likeness (QED) is 0.773. The number of hydroxylamine groups is 2. The van der Waals surface area contributed by atoms with Gasteiger partial charge in [0, 0.05) is 26.2 Å². The highest BCUT2D eigenvalue weighted by Crippen LogP contribution is 2.38. The number of nitrogens with zero attached hydrogens (tertiary/aromatic N) is 5. The third kappa shape index (κ3) is 2.39. The van der Waals surface area contributed by atoms with Crippen molar-refractivity contribution in [3.63, 3.8) is 0 Å². The van der Waals surface area contributed by atoms with E-state index in [1.54, 1.807) is 7.11 Å². The van der Waals surface area contributed by atoms with Gasteiger partial charge in [0.15, 0.2) is 0 Å². The Bertz CT molecular complexity index is 645. The molecule has 4 heterocycles. The van der Waals surface area contributed by atoms with Crippen molar-refractivity contribution in [2.45, 2.75) is 13.8 Å². The first-order chi connectivity index (χ1) is 11.7. The fourth-order valence-corrected chi connectivity index (χ4v) is 3.79. The van der Waals surface area contributed by atoms with Crippen LogP contribution in [0, 0.1) is 0 Å². The van der Waals surface area contributed by atoms with E-state index >= 15 is 0 Å². The van der Waals surface area contributed by atoms with E-state index < -0.39 is 0 Å². The summed E-state index contributed by atoms with van der Waals surface area (Å²) in [5, 5.41) is 1.84. The minimum absolute atomic E-state index is 0.697. The van der Waals surface area contributed by atoms with Crippen LogP contribution < -0.4 is 0 Å². The van der Waals surface area contributed by atoms with Gasteiger partial charge >= 0.3 is 0 Å². The minimum atomic E-state index is 0.697. The lowest BCUT2D eigenvalue weighted by molar-refractivity contribution is -0.0971. The van der Waals surface area contributed by atoms with Gasteiger partial charge in [-0.15, -0.1) is 0 Å². The van der Waals surface area contributed by atoms with Crippen molar-refractivity contribution in [1.82, 2.24) is 19.8 Å². The third-order valence-corrected chi connectivity index (χ3v) is 4.96. The van der Waals surface area contributed by atoms with Gasteiger partial charge < -0.3 is 19.4 Å². The van der Waals surface area contributed by atoms with Gasteiger partial charge in [-0.25, -0.2) is 10.1 Å². The first-order valence-electron chi connectivity index (χ1n) is 8.59. The molecule has 0 unspecified atom stereocenters. The molecule has 0 bridgehead atoms. The van der Waals surface area contributed by atoms with Crippen molar-refractivity contribution >= 4 is 6.21 Å². The van der Waals surface area contributed by atoms with Crippen LogP contribution in [0.5, 0.6) is 0 Å². The maximum atomic E-state index is 5.53. The lowest BCUT2D eigenvalue weighted by atomic mass is 10.0. The Morgan fingerprint density at radius 2 is 2.08 bits per heavy atom. The average Bonchev–Trinajstić information content (AvgIpc) is 3.05. The molecule has 0 atom stereocenters. The van der Waals surface area contributed by atoms with Gasteiger partial charge in [-0.3, -0.25) is 4.84 Å². The average molecular weight is 331 g/mol. The van der Waals surface area contributed by atoms with Crippen molar-refractivity contribution in [1.29, 1.82) is 0 Å². The summed E-state index contributed by atoms with van der Waals surface area (Å²) >= 11 is 0. The number of likely N-dealkylation sites (N-methyl/N-ethyl adjacent to an activating group) is 1. The number of morpholine rings is 1. The number of allylic oxidation sites excluding steroid dienone is 1. The maximum absolute atomic E-state index is 5.53. The van der Waals surface area contributed by atoms with Gasteiger partial charge in [0.2, 0.25) is 0 Å². The van der Waals surface area contributed by atoms with Crippen molar-refractivity contribution in [3.05, 3.63) is 34.7 Å². The summed E-state index contributed by atoms with van der Waals surface area (Å²) in [4.78, 5) is 17.4. The monoisotopic (exact) mass is 331 g/mol. The first-order valence-corrected chi connectivity index (χ1v) is 8.59. The second-order valence-corrected chi connectivity index (χ2v) is 6.40. The Balaban J connectivity index is 1.75. The van der Waals surface area contributed by atoms with Gasteiger partial charge in [0.25, 0.3) is 0 Å². The van der Waals surface area contributed by atoms with Gasteiger partial charge in [0.05, 0.1) is 44.1 Å². The fraction of sp³-hybridized carbons (Fsp3) is 0.588. The summed E-state index contributed by atoms with van der Waals surface area (Å²) in [5.74, 6) is 1.19. The van der Waals surface area contributed by atoms with E-state index in [0.717, 1.165) is 50.8 Å². The van der Waals surface area contributed by atoms with Crippen LogP contribution in [-0.4, -0.2) is 79.1 Å². The van der Waals surface area contributed by atoms with Crippen molar-refractivity contribution in [2.75, 3.05) is 53.2 Å². The minimum Gasteiger partial charge on any atom is -0.378 e. The smallest absolute Gasteiger partial charge is 0.139 e. The fourth-order valence-electron chi connectivity index (χ4n) is 3.79. The Morgan fingerprint density at radius 3 is 2.79 bits per heavy atom. The maximum Gasteiger partial charge on any atom is 0.139 e. The Morgan fingerprint density at radius 1 is 1.29 bits per heavy atom. The molecule has 24 heavy (non-hydrogen) atoms. The standard InChI is InChI=1S/C17H25N5O2/c1-4-19-10-13(2)16(20-5-7-24-8-6-20)15-17(19)22-12-21(23-3)11-14(22)9-18-15/h9,11H,4-8,10,12H2,1-3H3. The highest BCUT2D eigenvalue weighted by Gasteiger charge is 2.37. The van der Waals surface area contributed by atoms with Crippen LogP contribution in [0.15, 0.2) is 39.7 Å². The molecule has 0 radical (unpaired) electrons. The number of fused-ring (bicyclic) bond motifs is 2. The number of rotatable bonds is 3. The molecular weight excluding hydrogens is 306 g/mol. The second-order valence-electron chi connectivity index (χ2n) is 6.40. The largest absolute Gasteiger partial charge is 0.378 e. The highest BCUT2D eigenvalue weighted by atomic mass is 16.7. The molecule has 0 aromatic rings. The predicted octanol–water partition coefficient (Wildman–Crippen LogP) is 1.16. The normalized spacial score (nSPS) is 23.9. The van der Waals surface area contributed by atoms with Crippen molar-refractivity contribution in [2.24, 2.45) is 4.99 Å². The highest BCUT2D eigenvalue weighted by molar-refractivity contribution is 5.82. The van der Waals surface area contributed by atoms with Crippen LogP contribution in [-0.2, 0) is 9.57 Å². The Labute approximate surface area is 143 Å². The molecule has 7 nitrogen and oxygen atoms in total. The summed E-state index contributed by atoms with van der Waals surface area (Å²) in [7, 11) is 1.70. The molecule has 0 spiro atoms. The predicted molar refractivity (Wildman–Crippen MR) is 91.5 cm³/mol. The summed E-state index contributed by atoms with van der Waals surface area (Å²) in [5.41, 5.74) is 4.82. The molecule has 0 amide bonds. The van der Waals surface area contributed by atoms with Gasteiger partial charge in [0.1, 0.15) is 18.2 Å². The zero-order valence-corrected chi connectivity index (χ0v) is 14.7. The molecule has 1 saturated heterocycles. The van der Waals surface area contributed by atoms with E-state index in [0.29, 0.717) is 6.67 Å². The van der Waals surface area contributed by atoms with Crippen molar-refractivity contribution in [3.8, 4) is 0 Å². The van der Waals surface area contributed by atoms with Gasteiger partial charge in [-0.1, -0.05) is 0 Å². The topological polar surface area (TPSA) is 43.8 Å². The molecule has 4 aliphatic heterocycles. The summed E-state index contributed by atoms with van der Waals surface area (Å²) in [6, 6.07) is 0. The van der Waals surface area contributed by atoms with E-state index in [1.165, 1.54) is 17.1 Å². The van der Waals surface area contributed by atoms with E-state index in [2.05, 4.69) is 28.5 Å². The molecule has 0 aliphatic carbocycles.